The maximum absolute atomic E-state index is 11.2. The summed E-state index contributed by atoms with van der Waals surface area (Å²) in [6.07, 6.45) is 3.41. The van der Waals surface area contributed by atoms with E-state index in [1.807, 2.05) is 12.1 Å². The lowest BCUT2D eigenvalue weighted by Crippen LogP contribution is -2.11. The van der Waals surface area contributed by atoms with Crippen LogP contribution in [0.15, 0.2) is 24.5 Å². The van der Waals surface area contributed by atoms with Crippen molar-refractivity contribution in [3.05, 3.63) is 30.1 Å². The van der Waals surface area contributed by atoms with Crippen LogP contribution in [0.4, 0.5) is 0 Å². The molecule has 0 saturated carbocycles. The Morgan fingerprint density at radius 1 is 1.42 bits per heavy atom. The molecule has 0 saturated heterocycles. The summed E-state index contributed by atoms with van der Waals surface area (Å²) in [5, 5.41) is 0. The van der Waals surface area contributed by atoms with E-state index in [2.05, 4.69) is 4.98 Å². The summed E-state index contributed by atoms with van der Waals surface area (Å²) in [7, 11) is -0.824. The normalized spacial score (nSPS) is 12.8. The molecule has 3 nitrogen and oxygen atoms in total. The van der Waals surface area contributed by atoms with Crippen molar-refractivity contribution in [2.24, 2.45) is 5.73 Å². The molecule has 66 valence electrons. The van der Waals surface area contributed by atoms with Crippen LogP contribution in [0.3, 0.4) is 0 Å². The van der Waals surface area contributed by atoms with Gasteiger partial charge in [-0.3, -0.25) is 9.19 Å². The zero-order valence-corrected chi connectivity index (χ0v) is 7.59. The molecular weight excluding hydrogens is 172 g/mol. The summed E-state index contributed by atoms with van der Waals surface area (Å²) in [4.78, 5) is 3.88. The van der Waals surface area contributed by atoms with E-state index in [9.17, 15) is 4.21 Å². The molecule has 1 atom stereocenters. The minimum Gasteiger partial charge on any atom is -0.330 e. The van der Waals surface area contributed by atoms with Crippen molar-refractivity contribution in [1.82, 2.24) is 4.98 Å². The highest BCUT2D eigenvalue weighted by atomic mass is 32.2. The van der Waals surface area contributed by atoms with Crippen LogP contribution in [0.25, 0.3) is 0 Å². The Kier molecular flexibility index (Phi) is 3.90. The molecule has 1 rings (SSSR count). The molecule has 2 N–H and O–H groups in total. The molecule has 0 radical (unpaired) electrons. The number of rotatable bonds is 4. The number of nitrogens with two attached hydrogens (primary N) is 1. The highest BCUT2D eigenvalue weighted by Crippen LogP contribution is 2.00. The average molecular weight is 184 g/mol. The molecule has 1 aromatic heterocycles. The summed E-state index contributed by atoms with van der Waals surface area (Å²) in [6.45, 7) is 0.484. The average Bonchev–Trinajstić information content (AvgIpc) is 2.06. The quantitative estimate of drug-likeness (QED) is 0.731. The number of nitrogens with zero attached hydrogens (tertiary/aromatic N) is 1. The third-order valence-corrected chi connectivity index (χ3v) is 2.77. The summed E-state index contributed by atoms with van der Waals surface area (Å²) < 4.78 is 11.2. The first kappa shape index (κ1) is 9.35. The Bertz CT molecular complexity index is 250. The van der Waals surface area contributed by atoms with E-state index >= 15 is 0 Å². The molecule has 0 bridgehead atoms. The Morgan fingerprint density at radius 2 is 2.08 bits per heavy atom. The number of hydrogen-bond acceptors (Lipinski definition) is 3. The standard InChI is InChI=1S/C8H12N2OS/c9-3-6-12(11)7-8-1-4-10-5-2-8/h1-2,4-5H,3,6-7,9H2. The maximum Gasteiger partial charge on any atom is 0.0487 e. The van der Waals surface area contributed by atoms with Crippen LogP contribution in [0, 0.1) is 0 Å². The van der Waals surface area contributed by atoms with Crippen molar-refractivity contribution in [2.45, 2.75) is 5.75 Å². The maximum atomic E-state index is 11.2. The van der Waals surface area contributed by atoms with Crippen LogP contribution in [0.1, 0.15) is 5.56 Å². The van der Waals surface area contributed by atoms with Gasteiger partial charge in [0.1, 0.15) is 0 Å². The predicted octanol–water partition coefficient (Wildman–Crippen LogP) is 0.289. The second-order valence-electron chi connectivity index (χ2n) is 2.43. The molecule has 0 aliphatic rings. The van der Waals surface area contributed by atoms with Gasteiger partial charge >= 0.3 is 0 Å². The van der Waals surface area contributed by atoms with E-state index in [1.54, 1.807) is 12.4 Å². The fourth-order valence-corrected chi connectivity index (χ4v) is 1.84. The van der Waals surface area contributed by atoms with Gasteiger partial charge in [-0.1, -0.05) is 0 Å². The zero-order valence-electron chi connectivity index (χ0n) is 6.77. The number of aromatic nitrogens is 1. The molecule has 4 heteroatoms. The van der Waals surface area contributed by atoms with Crippen molar-refractivity contribution in [3.8, 4) is 0 Å². The lowest BCUT2D eigenvalue weighted by molar-refractivity contribution is 0.682. The van der Waals surface area contributed by atoms with Crippen LogP contribution in [-0.4, -0.2) is 21.5 Å². The van der Waals surface area contributed by atoms with Gasteiger partial charge in [0.05, 0.1) is 0 Å². The fraction of sp³-hybridized carbons (Fsp3) is 0.375. The van der Waals surface area contributed by atoms with Crippen molar-refractivity contribution in [3.63, 3.8) is 0 Å². The molecule has 1 unspecified atom stereocenters. The lowest BCUT2D eigenvalue weighted by Gasteiger charge is -1.99. The molecule has 1 heterocycles. The molecule has 0 aliphatic carbocycles. The molecule has 0 amide bonds. The van der Waals surface area contributed by atoms with E-state index in [4.69, 9.17) is 5.73 Å². The van der Waals surface area contributed by atoms with Gasteiger partial charge in [0.25, 0.3) is 0 Å². The fourth-order valence-electron chi connectivity index (χ4n) is 0.869. The van der Waals surface area contributed by atoms with Gasteiger partial charge in [0, 0.05) is 41.2 Å². The smallest absolute Gasteiger partial charge is 0.0487 e. The molecule has 12 heavy (non-hydrogen) atoms. The third-order valence-electron chi connectivity index (χ3n) is 1.42. The summed E-state index contributed by atoms with van der Waals surface area (Å²) >= 11 is 0. The first-order valence-electron chi connectivity index (χ1n) is 3.77. The highest BCUT2D eigenvalue weighted by molar-refractivity contribution is 7.84. The van der Waals surface area contributed by atoms with Crippen LogP contribution in [-0.2, 0) is 16.6 Å². The van der Waals surface area contributed by atoms with Gasteiger partial charge in [0.15, 0.2) is 0 Å². The highest BCUT2D eigenvalue weighted by Gasteiger charge is 1.98. The van der Waals surface area contributed by atoms with Crippen molar-refractivity contribution in [2.75, 3.05) is 12.3 Å². The minimum absolute atomic E-state index is 0.484. The molecule has 0 aromatic carbocycles. The predicted molar refractivity (Wildman–Crippen MR) is 50.0 cm³/mol. The van der Waals surface area contributed by atoms with Gasteiger partial charge in [-0.15, -0.1) is 0 Å². The van der Waals surface area contributed by atoms with Crippen molar-refractivity contribution < 1.29 is 4.21 Å². The molecule has 1 aromatic rings. The molecule has 0 spiro atoms. The molecule has 0 aliphatic heterocycles. The molecular formula is C8H12N2OS. The van der Waals surface area contributed by atoms with Crippen LogP contribution in [0.5, 0.6) is 0 Å². The van der Waals surface area contributed by atoms with E-state index in [0.717, 1.165) is 5.56 Å². The Labute approximate surface area is 74.5 Å². The zero-order chi connectivity index (χ0) is 8.81. The SMILES string of the molecule is NCCS(=O)Cc1ccncc1. The van der Waals surface area contributed by atoms with Gasteiger partial charge < -0.3 is 5.73 Å². The minimum atomic E-state index is -0.824. The Morgan fingerprint density at radius 3 is 2.67 bits per heavy atom. The topological polar surface area (TPSA) is 56.0 Å². The van der Waals surface area contributed by atoms with E-state index in [-0.39, 0.29) is 0 Å². The monoisotopic (exact) mass is 184 g/mol. The van der Waals surface area contributed by atoms with Crippen LogP contribution >= 0.6 is 0 Å². The first-order valence-corrected chi connectivity index (χ1v) is 5.25. The third kappa shape index (κ3) is 3.11. The van der Waals surface area contributed by atoms with E-state index in [0.29, 0.717) is 18.1 Å². The summed E-state index contributed by atoms with van der Waals surface area (Å²) in [5.41, 5.74) is 6.33. The van der Waals surface area contributed by atoms with Crippen molar-refractivity contribution >= 4 is 10.8 Å². The first-order chi connectivity index (χ1) is 5.83. The van der Waals surface area contributed by atoms with Gasteiger partial charge in [-0.25, -0.2) is 0 Å². The Hall–Kier alpha value is -0.740. The van der Waals surface area contributed by atoms with E-state index < -0.39 is 10.8 Å². The summed E-state index contributed by atoms with van der Waals surface area (Å²) in [5.74, 6) is 1.15. The summed E-state index contributed by atoms with van der Waals surface area (Å²) in [6, 6.07) is 3.74. The second kappa shape index (κ2) is 5.00. The Balaban J connectivity index is 2.47. The van der Waals surface area contributed by atoms with Gasteiger partial charge in [-0.05, 0) is 17.7 Å². The van der Waals surface area contributed by atoms with Crippen LogP contribution in [0.2, 0.25) is 0 Å². The second-order valence-corrected chi connectivity index (χ2v) is 4.01. The van der Waals surface area contributed by atoms with Crippen molar-refractivity contribution in [1.29, 1.82) is 0 Å². The van der Waals surface area contributed by atoms with Crippen LogP contribution < -0.4 is 5.73 Å². The van der Waals surface area contributed by atoms with E-state index in [1.165, 1.54) is 0 Å². The van der Waals surface area contributed by atoms with Gasteiger partial charge in [-0.2, -0.15) is 0 Å². The lowest BCUT2D eigenvalue weighted by atomic mass is 10.3. The van der Waals surface area contributed by atoms with Gasteiger partial charge in [0.2, 0.25) is 0 Å². The molecule has 0 fully saturated rings. The largest absolute Gasteiger partial charge is 0.330 e. The number of pyridine rings is 1. The number of hydrogen-bond donors (Lipinski definition) is 1.